The van der Waals surface area contributed by atoms with Crippen LogP contribution >= 0.6 is 22.6 Å². The number of hydrogen-bond donors (Lipinski definition) is 1. The molecule has 0 atom stereocenters. The number of fused-ring (bicyclic) bond motifs is 3. The summed E-state index contributed by atoms with van der Waals surface area (Å²) in [6, 6.07) is 18.8. The maximum Gasteiger partial charge on any atom is 0.407 e. The second-order valence-electron chi connectivity index (χ2n) is 9.83. The Morgan fingerprint density at radius 3 is 2.18 bits per heavy atom. The topological polar surface area (TPSA) is 38.3 Å². The molecule has 0 unspecified atom stereocenters. The average Bonchev–Trinajstić information content (AvgIpc) is 3.13. The largest absolute Gasteiger partial charge is 0.449 e. The summed E-state index contributed by atoms with van der Waals surface area (Å²) in [5.74, 6) is 3.45. The normalized spacial score (nSPS) is 12.4. The smallest absolute Gasteiger partial charge is 0.407 e. The van der Waals surface area contributed by atoms with Crippen LogP contribution in [0.5, 0.6) is 0 Å². The van der Waals surface area contributed by atoms with Crippen molar-refractivity contribution < 1.29 is 9.53 Å². The first-order valence-electron chi connectivity index (χ1n) is 11.6. The van der Waals surface area contributed by atoms with Crippen molar-refractivity contribution in [1.82, 2.24) is 5.32 Å². The fourth-order valence-corrected chi connectivity index (χ4v) is 5.46. The lowest BCUT2D eigenvalue weighted by Gasteiger charge is -2.16. The highest BCUT2D eigenvalue weighted by Gasteiger charge is 2.29. The molecule has 5 heteroatoms. The van der Waals surface area contributed by atoms with Gasteiger partial charge < -0.3 is 10.1 Å². The van der Waals surface area contributed by atoms with Crippen molar-refractivity contribution in [3.63, 3.8) is 0 Å². The minimum absolute atomic E-state index is 0.0589. The molecule has 3 nitrogen and oxygen atoms in total. The zero-order valence-corrected chi connectivity index (χ0v) is 23.5. The van der Waals surface area contributed by atoms with Crippen LogP contribution in [0.2, 0.25) is 19.6 Å². The summed E-state index contributed by atoms with van der Waals surface area (Å²) in [5.41, 5.74) is 12.8. The maximum atomic E-state index is 12.6. The van der Waals surface area contributed by atoms with E-state index in [2.05, 4.69) is 115 Å². The van der Waals surface area contributed by atoms with Crippen LogP contribution in [0.1, 0.15) is 39.3 Å². The maximum absolute atomic E-state index is 12.6. The summed E-state index contributed by atoms with van der Waals surface area (Å²) >= 11 is 2.38. The molecule has 1 amide bonds. The highest BCUT2D eigenvalue weighted by atomic mass is 127. The number of nitrogens with one attached hydrogen (secondary N) is 1. The lowest BCUT2D eigenvalue weighted by molar-refractivity contribution is 0.142. The van der Waals surface area contributed by atoms with Crippen molar-refractivity contribution in [3.05, 3.63) is 91.5 Å². The Kier molecular flexibility index (Phi) is 7.20. The average molecular weight is 580 g/mol. The molecule has 174 valence electrons. The van der Waals surface area contributed by atoms with E-state index in [0.29, 0.717) is 13.2 Å². The first-order chi connectivity index (χ1) is 16.2. The van der Waals surface area contributed by atoms with Crippen LogP contribution in [-0.2, 0) is 11.3 Å². The van der Waals surface area contributed by atoms with Gasteiger partial charge in [0.15, 0.2) is 0 Å². The second-order valence-corrected chi connectivity index (χ2v) is 15.7. The number of hydrogen-bond acceptors (Lipinski definition) is 2. The van der Waals surface area contributed by atoms with Gasteiger partial charge in [0.25, 0.3) is 0 Å². The molecule has 0 fully saturated rings. The summed E-state index contributed by atoms with van der Waals surface area (Å²) in [6.45, 7) is 11.7. The van der Waals surface area contributed by atoms with E-state index in [4.69, 9.17) is 4.74 Å². The zero-order valence-electron chi connectivity index (χ0n) is 20.4. The number of amides is 1. The Morgan fingerprint density at radius 1 is 1.00 bits per heavy atom. The quantitative estimate of drug-likeness (QED) is 0.202. The van der Waals surface area contributed by atoms with Gasteiger partial charge in [-0.2, -0.15) is 0 Å². The predicted octanol–water partition coefficient (Wildman–Crippen LogP) is 7.18. The van der Waals surface area contributed by atoms with Gasteiger partial charge >= 0.3 is 6.09 Å². The van der Waals surface area contributed by atoms with E-state index >= 15 is 0 Å². The number of ether oxygens (including phenoxy) is 1. The summed E-state index contributed by atoms with van der Waals surface area (Å²) in [6.07, 6.45) is -0.397. The van der Waals surface area contributed by atoms with Crippen molar-refractivity contribution in [2.24, 2.45) is 0 Å². The van der Waals surface area contributed by atoms with Crippen molar-refractivity contribution in [1.29, 1.82) is 0 Å². The number of carbonyl (C=O) groups is 1. The standard InChI is InChI=1S/C29H30INO2Si/c1-19-21(14-15-34(3,4)5)16-22(20(2)28(19)30)17-31-29(32)33-18-27-25-12-8-6-10-23(25)24-11-7-9-13-26(24)27/h6-13,16,27H,17-18H2,1-5H3,(H,31,32). The number of benzene rings is 3. The van der Waals surface area contributed by atoms with Crippen LogP contribution in [0, 0.1) is 28.9 Å². The first kappa shape index (κ1) is 24.6. The van der Waals surface area contributed by atoms with Gasteiger partial charge in [-0.1, -0.05) is 74.1 Å². The molecule has 1 N–H and O–H groups in total. The number of carbonyl (C=O) groups excluding carboxylic acids is 1. The highest BCUT2D eigenvalue weighted by Crippen LogP contribution is 2.44. The molecule has 0 saturated carbocycles. The number of halogens is 1. The Labute approximate surface area is 217 Å². The van der Waals surface area contributed by atoms with Gasteiger partial charge in [0, 0.05) is 21.6 Å². The van der Waals surface area contributed by atoms with Gasteiger partial charge in [-0.3, -0.25) is 0 Å². The van der Waals surface area contributed by atoms with Crippen LogP contribution in [-0.4, -0.2) is 20.8 Å². The molecule has 3 aromatic carbocycles. The molecule has 0 aliphatic heterocycles. The summed E-state index contributed by atoms with van der Waals surface area (Å²) < 4.78 is 6.90. The van der Waals surface area contributed by atoms with Gasteiger partial charge in [0.1, 0.15) is 14.7 Å². The van der Waals surface area contributed by atoms with Crippen molar-refractivity contribution >= 4 is 36.8 Å². The van der Waals surface area contributed by atoms with Gasteiger partial charge in [-0.25, -0.2) is 4.79 Å². The zero-order chi connectivity index (χ0) is 24.5. The Morgan fingerprint density at radius 2 is 1.59 bits per heavy atom. The minimum Gasteiger partial charge on any atom is -0.449 e. The third-order valence-corrected chi connectivity index (χ3v) is 8.69. The van der Waals surface area contributed by atoms with Crippen LogP contribution in [0.15, 0.2) is 54.6 Å². The van der Waals surface area contributed by atoms with Gasteiger partial charge in [0.05, 0.1) is 0 Å². The Balaban J connectivity index is 1.45. The molecule has 0 aromatic heterocycles. The van der Waals surface area contributed by atoms with E-state index in [-0.39, 0.29) is 5.92 Å². The molecule has 1 aliphatic carbocycles. The molecule has 0 heterocycles. The van der Waals surface area contributed by atoms with E-state index in [1.165, 1.54) is 37.0 Å². The summed E-state index contributed by atoms with van der Waals surface area (Å²) in [4.78, 5) is 12.6. The van der Waals surface area contributed by atoms with E-state index in [1.54, 1.807) is 0 Å². The molecule has 3 aromatic rings. The Hall–Kier alpha value is -2.56. The highest BCUT2D eigenvalue weighted by molar-refractivity contribution is 14.1. The van der Waals surface area contributed by atoms with Crippen molar-refractivity contribution in [2.45, 2.75) is 46.0 Å². The second kappa shape index (κ2) is 9.97. The molecule has 0 bridgehead atoms. The molecular formula is C29H30INO2Si. The van der Waals surface area contributed by atoms with Crippen LogP contribution < -0.4 is 5.32 Å². The van der Waals surface area contributed by atoms with E-state index in [9.17, 15) is 4.79 Å². The molecule has 4 rings (SSSR count). The predicted molar refractivity (Wildman–Crippen MR) is 151 cm³/mol. The van der Waals surface area contributed by atoms with Gasteiger partial charge in [-0.05, 0) is 81.4 Å². The SMILES string of the molecule is Cc1c(C#C[Si](C)(C)C)cc(CNC(=O)OCC2c3ccccc3-c3ccccc32)c(C)c1I. The molecule has 0 spiro atoms. The Bertz CT molecular complexity index is 1270. The molecular weight excluding hydrogens is 549 g/mol. The number of rotatable bonds is 4. The van der Waals surface area contributed by atoms with E-state index in [0.717, 1.165) is 11.1 Å². The van der Waals surface area contributed by atoms with Crippen LogP contribution in [0.4, 0.5) is 4.79 Å². The summed E-state index contributed by atoms with van der Waals surface area (Å²) in [5, 5.41) is 2.95. The first-order valence-corrected chi connectivity index (χ1v) is 16.1. The lowest BCUT2D eigenvalue weighted by Crippen LogP contribution is -2.26. The molecule has 1 aliphatic rings. The fourth-order valence-electron chi connectivity index (χ4n) is 4.32. The van der Waals surface area contributed by atoms with Crippen molar-refractivity contribution in [3.8, 4) is 22.6 Å². The van der Waals surface area contributed by atoms with Gasteiger partial charge in [0.2, 0.25) is 0 Å². The third kappa shape index (κ3) is 5.23. The monoisotopic (exact) mass is 579 g/mol. The molecule has 34 heavy (non-hydrogen) atoms. The molecule has 0 radical (unpaired) electrons. The number of alkyl carbamates (subject to hydrolysis) is 1. The molecule has 0 saturated heterocycles. The fraction of sp³-hybridized carbons (Fsp3) is 0.276. The van der Waals surface area contributed by atoms with E-state index in [1.807, 2.05) is 12.1 Å². The van der Waals surface area contributed by atoms with E-state index < -0.39 is 14.2 Å². The summed E-state index contributed by atoms with van der Waals surface area (Å²) in [7, 11) is -1.48. The lowest BCUT2D eigenvalue weighted by atomic mass is 9.98. The minimum atomic E-state index is -1.48. The third-order valence-electron chi connectivity index (χ3n) is 6.20. The van der Waals surface area contributed by atoms with Gasteiger partial charge in [-0.15, -0.1) is 5.54 Å². The van der Waals surface area contributed by atoms with Crippen LogP contribution in [0.25, 0.3) is 11.1 Å². The van der Waals surface area contributed by atoms with Crippen molar-refractivity contribution in [2.75, 3.05) is 6.61 Å². The van der Waals surface area contributed by atoms with Crippen LogP contribution in [0.3, 0.4) is 0 Å².